The summed E-state index contributed by atoms with van der Waals surface area (Å²) in [6.07, 6.45) is -3.19. The second-order valence-corrected chi connectivity index (χ2v) is 9.15. The number of thiophene rings is 1. The van der Waals surface area contributed by atoms with Crippen molar-refractivity contribution in [1.29, 1.82) is 0 Å². The second kappa shape index (κ2) is 8.61. The van der Waals surface area contributed by atoms with E-state index in [1.54, 1.807) is 22.7 Å². The number of aromatic nitrogens is 1. The lowest BCUT2D eigenvalue weighted by atomic mass is 9.89. The molecule has 0 amide bonds. The highest BCUT2D eigenvalue weighted by atomic mass is 32.1. The molecule has 0 bridgehead atoms. The van der Waals surface area contributed by atoms with Gasteiger partial charge in [-0.25, -0.2) is 4.98 Å². The topological polar surface area (TPSA) is 103 Å². The van der Waals surface area contributed by atoms with Crippen LogP contribution in [0.3, 0.4) is 0 Å². The van der Waals surface area contributed by atoms with Crippen molar-refractivity contribution in [2.45, 2.75) is 43.9 Å². The van der Waals surface area contributed by atoms with Gasteiger partial charge in [0.15, 0.2) is 0 Å². The predicted octanol–water partition coefficient (Wildman–Crippen LogP) is 2.29. The molecular formula is C21H23NO5S2. The number of aliphatic hydroxyl groups is 4. The van der Waals surface area contributed by atoms with E-state index in [0.717, 1.165) is 26.6 Å². The molecule has 0 unspecified atom stereocenters. The molecule has 6 nitrogen and oxygen atoms in total. The van der Waals surface area contributed by atoms with Gasteiger partial charge in [-0.2, -0.15) is 11.3 Å². The normalized spacial score (nSPS) is 27.3. The third-order valence-electron chi connectivity index (χ3n) is 5.28. The number of nitrogens with zero attached hydrogens (tertiary/aromatic N) is 1. The Labute approximate surface area is 176 Å². The Morgan fingerprint density at radius 3 is 2.66 bits per heavy atom. The first-order valence-corrected chi connectivity index (χ1v) is 11.1. The first-order valence-electron chi connectivity index (χ1n) is 9.35. The summed E-state index contributed by atoms with van der Waals surface area (Å²) in [5, 5.41) is 45.0. The Morgan fingerprint density at radius 2 is 1.93 bits per heavy atom. The molecule has 4 rings (SSSR count). The smallest absolute Gasteiger partial charge is 0.124 e. The molecule has 1 saturated heterocycles. The van der Waals surface area contributed by atoms with Crippen LogP contribution in [0.25, 0.3) is 10.6 Å². The standard InChI is InChI=1S/C21H23NO5S2/c1-11-2-3-12(20-19(26)18(25)17(24)16(9-23)27-20)6-14(11)7-15-8-22-21(29-15)13-4-5-28-10-13/h2-6,8,10,16-20,23-26H,7,9H2,1H3/t16-,17-,18+,19-,20+/m1/s1. The minimum atomic E-state index is -1.38. The zero-order chi connectivity index (χ0) is 20.5. The number of aliphatic hydroxyl groups excluding tert-OH is 4. The molecule has 0 saturated carbocycles. The van der Waals surface area contributed by atoms with Crippen LogP contribution < -0.4 is 0 Å². The monoisotopic (exact) mass is 433 g/mol. The Balaban J connectivity index is 1.58. The summed E-state index contributed by atoms with van der Waals surface area (Å²) in [5.74, 6) is 0. The van der Waals surface area contributed by atoms with Gasteiger partial charge in [-0.05, 0) is 35.1 Å². The molecular weight excluding hydrogens is 410 g/mol. The lowest BCUT2D eigenvalue weighted by molar-refractivity contribution is -0.231. The largest absolute Gasteiger partial charge is 0.394 e. The summed E-state index contributed by atoms with van der Waals surface area (Å²) in [5.41, 5.74) is 3.99. The molecule has 0 radical (unpaired) electrons. The van der Waals surface area contributed by atoms with Gasteiger partial charge in [0.1, 0.15) is 35.5 Å². The predicted molar refractivity (Wildman–Crippen MR) is 112 cm³/mol. The minimum Gasteiger partial charge on any atom is -0.394 e. The van der Waals surface area contributed by atoms with E-state index in [9.17, 15) is 20.4 Å². The minimum absolute atomic E-state index is 0.438. The van der Waals surface area contributed by atoms with Gasteiger partial charge in [-0.15, -0.1) is 11.3 Å². The molecule has 154 valence electrons. The molecule has 4 N–H and O–H groups in total. The van der Waals surface area contributed by atoms with E-state index in [4.69, 9.17) is 4.74 Å². The Hall–Kier alpha value is -1.65. The summed E-state index contributed by atoms with van der Waals surface area (Å²) in [6.45, 7) is 1.58. The van der Waals surface area contributed by atoms with Crippen LogP contribution in [0.4, 0.5) is 0 Å². The Kier molecular flexibility index (Phi) is 6.12. The molecule has 29 heavy (non-hydrogen) atoms. The van der Waals surface area contributed by atoms with Gasteiger partial charge in [0.2, 0.25) is 0 Å². The molecule has 8 heteroatoms. The lowest BCUT2D eigenvalue weighted by Crippen LogP contribution is -2.55. The van der Waals surface area contributed by atoms with Gasteiger partial charge in [-0.3, -0.25) is 0 Å². The van der Waals surface area contributed by atoms with Gasteiger partial charge in [0.25, 0.3) is 0 Å². The van der Waals surface area contributed by atoms with Crippen LogP contribution in [0.15, 0.2) is 41.2 Å². The number of rotatable bonds is 5. The molecule has 1 aromatic carbocycles. The van der Waals surface area contributed by atoms with Crippen LogP contribution in [-0.2, 0) is 11.2 Å². The average Bonchev–Trinajstić information content (AvgIpc) is 3.40. The maximum absolute atomic E-state index is 10.4. The van der Waals surface area contributed by atoms with Crippen LogP contribution >= 0.6 is 22.7 Å². The van der Waals surface area contributed by atoms with Crippen LogP contribution in [0.1, 0.15) is 27.7 Å². The van der Waals surface area contributed by atoms with Crippen molar-refractivity contribution in [2.24, 2.45) is 0 Å². The maximum Gasteiger partial charge on any atom is 0.124 e. The molecule has 0 spiro atoms. The van der Waals surface area contributed by atoms with E-state index in [2.05, 4.69) is 16.4 Å². The number of thiazole rings is 1. The van der Waals surface area contributed by atoms with E-state index < -0.39 is 37.1 Å². The van der Waals surface area contributed by atoms with Crippen LogP contribution in [0, 0.1) is 6.92 Å². The lowest BCUT2D eigenvalue weighted by Gasteiger charge is -2.40. The molecule has 5 atom stereocenters. The molecule has 1 fully saturated rings. The average molecular weight is 434 g/mol. The van der Waals surface area contributed by atoms with Gasteiger partial charge < -0.3 is 25.2 Å². The molecule has 0 aliphatic carbocycles. The van der Waals surface area contributed by atoms with Crippen LogP contribution in [-0.4, -0.2) is 56.4 Å². The fourth-order valence-electron chi connectivity index (χ4n) is 3.53. The maximum atomic E-state index is 10.4. The van der Waals surface area contributed by atoms with Crippen LogP contribution in [0.2, 0.25) is 0 Å². The third-order valence-corrected chi connectivity index (χ3v) is 7.01. The van der Waals surface area contributed by atoms with Crippen molar-refractivity contribution < 1.29 is 25.2 Å². The summed E-state index contributed by atoms with van der Waals surface area (Å²) in [7, 11) is 0. The van der Waals surface area contributed by atoms with Gasteiger partial charge >= 0.3 is 0 Å². The van der Waals surface area contributed by atoms with E-state index in [1.807, 2.05) is 36.7 Å². The Morgan fingerprint density at radius 1 is 1.10 bits per heavy atom. The van der Waals surface area contributed by atoms with Crippen molar-refractivity contribution in [3.63, 3.8) is 0 Å². The van der Waals surface area contributed by atoms with E-state index in [1.165, 1.54) is 0 Å². The summed E-state index contributed by atoms with van der Waals surface area (Å²) in [6, 6.07) is 7.80. The fourth-order valence-corrected chi connectivity index (χ4v) is 5.18. The van der Waals surface area contributed by atoms with Crippen molar-refractivity contribution >= 4 is 22.7 Å². The number of benzene rings is 1. The SMILES string of the molecule is Cc1ccc([C@@H]2O[C@H](CO)[C@@H](O)[C@H](O)[C@H]2O)cc1Cc1cnc(-c2ccsc2)s1. The molecule has 1 aliphatic heterocycles. The number of ether oxygens (including phenoxy) is 1. The Bertz CT molecular complexity index is 956. The number of hydrogen-bond acceptors (Lipinski definition) is 8. The second-order valence-electron chi connectivity index (χ2n) is 7.26. The quantitative estimate of drug-likeness (QED) is 0.492. The highest BCUT2D eigenvalue weighted by Gasteiger charge is 2.43. The van der Waals surface area contributed by atoms with Gasteiger partial charge in [0, 0.05) is 28.4 Å². The van der Waals surface area contributed by atoms with Crippen molar-refractivity contribution in [1.82, 2.24) is 4.98 Å². The summed E-state index contributed by atoms with van der Waals surface area (Å²) < 4.78 is 5.70. The van der Waals surface area contributed by atoms with E-state index in [-0.39, 0.29) is 0 Å². The van der Waals surface area contributed by atoms with Crippen molar-refractivity contribution in [3.05, 3.63) is 62.8 Å². The van der Waals surface area contributed by atoms with E-state index >= 15 is 0 Å². The summed E-state index contributed by atoms with van der Waals surface area (Å²) >= 11 is 3.29. The summed E-state index contributed by atoms with van der Waals surface area (Å²) in [4.78, 5) is 5.65. The highest BCUT2D eigenvalue weighted by molar-refractivity contribution is 7.15. The molecule has 3 heterocycles. The third kappa shape index (κ3) is 4.15. The number of hydrogen-bond donors (Lipinski definition) is 4. The van der Waals surface area contributed by atoms with E-state index in [0.29, 0.717) is 12.0 Å². The van der Waals surface area contributed by atoms with Crippen molar-refractivity contribution in [2.75, 3.05) is 6.61 Å². The zero-order valence-electron chi connectivity index (χ0n) is 15.8. The van der Waals surface area contributed by atoms with Gasteiger partial charge in [-0.1, -0.05) is 18.2 Å². The highest BCUT2D eigenvalue weighted by Crippen LogP contribution is 2.34. The number of aryl methyl sites for hydroxylation is 1. The molecule has 2 aromatic heterocycles. The molecule has 3 aromatic rings. The fraction of sp³-hybridized carbons (Fsp3) is 0.381. The first kappa shape index (κ1) is 20.6. The van der Waals surface area contributed by atoms with Crippen molar-refractivity contribution in [3.8, 4) is 10.6 Å². The zero-order valence-corrected chi connectivity index (χ0v) is 17.4. The van der Waals surface area contributed by atoms with Crippen LogP contribution in [0.5, 0.6) is 0 Å². The first-order chi connectivity index (χ1) is 14.0. The van der Waals surface area contributed by atoms with Gasteiger partial charge in [0.05, 0.1) is 6.61 Å². The molecule has 1 aliphatic rings.